The lowest BCUT2D eigenvalue weighted by molar-refractivity contribution is -0.147. The van der Waals surface area contributed by atoms with E-state index in [-0.39, 0.29) is 31.3 Å². The second-order valence-electron chi connectivity index (χ2n) is 6.85. The minimum absolute atomic E-state index is 0.0860. The van der Waals surface area contributed by atoms with E-state index in [2.05, 4.69) is 0 Å². The zero-order chi connectivity index (χ0) is 20.1. The van der Waals surface area contributed by atoms with E-state index < -0.39 is 11.9 Å². The zero-order valence-corrected chi connectivity index (χ0v) is 16.4. The summed E-state index contributed by atoms with van der Waals surface area (Å²) in [6, 6.07) is 14.5. The van der Waals surface area contributed by atoms with Gasteiger partial charge in [0.2, 0.25) is 5.91 Å². The Balaban J connectivity index is 1.52. The van der Waals surface area contributed by atoms with Crippen molar-refractivity contribution in [1.29, 1.82) is 0 Å². The Kier molecular flexibility index (Phi) is 6.47. The first-order chi connectivity index (χ1) is 13.5. The van der Waals surface area contributed by atoms with Crippen molar-refractivity contribution in [3.63, 3.8) is 0 Å². The van der Waals surface area contributed by atoms with Crippen LogP contribution in [0.15, 0.2) is 48.5 Å². The number of halogens is 1. The van der Waals surface area contributed by atoms with Gasteiger partial charge in [-0.3, -0.25) is 14.4 Å². The number of carbonyl (C=O) groups is 3. The van der Waals surface area contributed by atoms with Crippen molar-refractivity contribution >= 4 is 29.3 Å². The van der Waals surface area contributed by atoms with Crippen molar-refractivity contribution in [3.8, 4) is 0 Å². The van der Waals surface area contributed by atoms with Crippen LogP contribution in [0.25, 0.3) is 0 Å². The van der Waals surface area contributed by atoms with Gasteiger partial charge in [-0.1, -0.05) is 61.0 Å². The molecule has 1 aliphatic rings. The van der Waals surface area contributed by atoms with Crippen LogP contribution in [-0.2, 0) is 27.3 Å². The van der Waals surface area contributed by atoms with Crippen LogP contribution in [0.3, 0.4) is 0 Å². The summed E-state index contributed by atoms with van der Waals surface area (Å²) in [6.45, 7) is 2.34. The number of likely N-dealkylation sites (tertiary alicyclic amines) is 1. The van der Waals surface area contributed by atoms with Crippen LogP contribution in [0.5, 0.6) is 0 Å². The number of benzene rings is 2. The van der Waals surface area contributed by atoms with Crippen LogP contribution >= 0.6 is 11.6 Å². The van der Waals surface area contributed by atoms with E-state index in [0.29, 0.717) is 17.1 Å². The summed E-state index contributed by atoms with van der Waals surface area (Å²) in [5.41, 5.74) is 2.47. The summed E-state index contributed by atoms with van der Waals surface area (Å²) < 4.78 is 5.18. The Bertz CT molecular complexity index is 878. The first kappa shape index (κ1) is 20.1. The van der Waals surface area contributed by atoms with Gasteiger partial charge in [0.1, 0.15) is 0 Å². The molecule has 0 spiro atoms. The molecule has 3 rings (SSSR count). The van der Waals surface area contributed by atoms with Crippen LogP contribution in [0.1, 0.15) is 34.8 Å². The molecule has 1 aliphatic heterocycles. The molecule has 0 saturated carbocycles. The van der Waals surface area contributed by atoms with E-state index in [1.165, 1.54) is 0 Å². The van der Waals surface area contributed by atoms with Crippen molar-refractivity contribution in [3.05, 3.63) is 70.2 Å². The highest BCUT2D eigenvalue weighted by Crippen LogP contribution is 2.24. The summed E-state index contributed by atoms with van der Waals surface area (Å²) >= 11 is 6.14. The highest BCUT2D eigenvalue weighted by molar-refractivity contribution is 6.31. The average molecular weight is 400 g/mol. The van der Waals surface area contributed by atoms with Crippen molar-refractivity contribution in [2.75, 3.05) is 13.2 Å². The van der Waals surface area contributed by atoms with Crippen molar-refractivity contribution in [2.45, 2.75) is 26.3 Å². The van der Waals surface area contributed by atoms with Crippen LogP contribution in [0.4, 0.5) is 0 Å². The molecule has 6 heteroatoms. The quantitative estimate of drug-likeness (QED) is 0.526. The topological polar surface area (TPSA) is 63.7 Å². The van der Waals surface area contributed by atoms with Gasteiger partial charge in [0.25, 0.3) is 0 Å². The van der Waals surface area contributed by atoms with Gasteiger partial charge in [-0.25, -0.2) is 0 Å². The lowest BCUT2D eigenvalue weighted by Crippen LogP contribution is -2.27. The molecule has 1 saturated heterocycles. The molecule has 28 heavy (non-hydrogen) atoms. The third kappa shape index (κ3) is 4.78. The van der Waals surface area contributed by atoms with E-state index in [9.17, 15) is 14.4 Å². The molecule has 0 N–H and O–H groups in total. The van der Waals surface area contributed by atoms with Crippen LogP contribution in [0, 0.1) is 5.92 Å². The molecule has 0 unspecified atom stereocenters. The number of aryl methyl sites for hydroxylation is 1. The van der Waals surface area contributed by atoms with E-state index >= 15 is 0 Å². The number of nitrogens with zero attached hydrogens (tertiary/aromatic N) is 1. The zero-order valence-electron chi connectivity index (χ0n) is 15.7. The first-order valence-electron chi connectivity index (χ1n) is 9.28. The van der Waals surface area contributed by atoms with Crippen LogP contribution < -0.4 is 0 Å². The minimum Gasteiger partial charge on any atom is -0.457 e. The second-order valence-corrected chi connectivity index (χ2v) is 7.26. The number of rotatable bonds is 7. The third-order valence-corrected chi connectivity index (χ3v) is 5.27. The molecule has 1 atom stereocenters. The van der Waals surface area contributed by atoms with Gasteiger partial charge < -0.3 is 9.64 Å². The smallest absolute Gasteiger partial charge is 0.311 e. The van der Waals surface area contributed by atoms with Crippen LogP contribution in [0.2, 0.25) is 5.02 Å². The highest BCUT2D eigenvalue weighted by Gasteiger charge is 2.35. The predicted molar refractivity (Wildman–Crippen MR) is 106 cm³/mol. The fraction of sp³-hybridized carbons (Fsp3) is 0.318. The van der Waals surface area contributed by atoms with E-state index in [0.717, 1.165) is 17.5 Å². The fourth-order valence-electron chi connectivity index (χ4n) is 3.18. The molecule has 2 aromatic carbocycles. The number of hydrogen-bond acceptors (Lipinski definition) is 4. The third-order valence-electron chi connectivity index (χ3n) is 4.90. The summed E-state index contributed by atoms with van der Waals surface area (Å²) in [4.78, 5) is 38.3. The van der Waals surface area contributed by atoms with E-state index in [1.54, 1.807) is 23.1 Å². The number of Topliss-reactive ketones (excluding diaryl/α,β-unsaturated/α-hetero) is 1. The maximum atomic E-state index is 12.3. The molecule has 146 valence electrons. The van der Waals surface area contributed by atoms with Gasteiger partial charge in [-0.05, 0) is 23.6 Å². The minimum atomic E-state index is -0.565. The molecule has 0 aliphatic carbocycles. The van der Waals surface area contributed by atoms with Crippen molar-refractivity contribution in [1.82, 2.24) is 4.90 Å². The second kappa shape index (κ2) is 9.02. The lowest BCUT2D eigenvalue weighted by atomic mass is 10.1. The predicted octanol–water partition coefficient (Wildman–Crippen LogP) is 3.68. The number of carbonyl (C=O) groups excluding carboxylic acids is 3. The Hall–Kier alpha value is -2.66. The normalized spacial score (nSPS) is 16.3. The van der Waals surface area contributed by atoms with E-state index in [1.807, 2.05) is 37.3 Å². The molecule has 0 aromatic heterocycles. The Morgan fingerprint density at radius 1 is 1.14 bits per heavy atom. The number of esters is 1. The number of ketones is 1. The van der Waals surface area contributed by atoms with E-state index in [4.69, 9.17) is 16.3 Å². The largest absolute Gasteiger partial charge is 0.457 e. The Labute approximate surface area is 169 Å². The Morgan fingerprint density at radius 3 is 2.54 bits per heavy atom. The number of amides is 1. The molecule has 1 amide bonds. The maximum absolute atomic E-state index is 12.3. The summed E-state index contributed by atoms with van der Waals surface area (Å²) in [5.74, 6) is -1.46. The summed E-state index contributed by atoms with van der Waals surface area (Å²) in [7, 11) is 0. The molecule has 0 radical (unpaired) electrons. The van der Waals surface area contributed by atoms with Crippen molar-refractivity contribution in [2.24, 2.45) is 5.92 Å². The molecule has 5 nitrogen and oxygen atoms in total. The standard InChI is InChI=1S/C22H22ClNO4/c1-2-15-7-9-16(10-8-15)20(25)14-28-22(27)18-11-21(26)24(13-18)12-17-5-3-4-6-19(17)23/h3-10,18H,2,11-14H2,1H3/t18-/m1/s1. The summed E-state index contributed by atoms with van der Waals surface area (Å²) in [6.07, 6.45) is 0.979. The number of ether oxygens (including phenoxy) is 1. The maximum Gasteiger partial charge on any atom is 0.311 e. The first-order valence-corrected chi connectivity index (χ1v) is 9.65. The molecule has 2 aromatic rings. The van der Waals surface area contributed by atoms with Gasteiger partial charge in [-0.15, -0.1) is 0 Å². The van der Waals surface area contributed by atoms with Gasteiger partial charge in [0.15, 0.2) is 12.4 Å². The van der Waals surface area contributed by atoms with Gasteiger partial charge in [-0.2, -0.15) is 0 Å². The van der Waals surface area contributed by atoms with Crippen LogP contribution in [-0.4, -0.2) is 35.7 Å². The van der Waals surface area contributed by atoms with Crippen molar-refractivity contribution < 1.29 is 19.1 Å². The average Bonchev–Trinajstić information content (AvgIpc) is 3.08. The SMILES string of the molecule is CCc1ccc(C(=O)COC(=O)[C@@H]2CC(=O)N(Cc3ccccc3Cl)C2)cc1. The highest BCUT2D eigenvalue weighted by atomic mass is 35.5. The monoisotopic (exact) mass is 399 g/mol. The lowest BCUT2D eigenvalue weighted by Gasteiger charge is -2.17. The van der Waals surface area contributed by atoms with Gasteiger partial charge >= 0.3 is 5.97 Å². The fourth-order valence-corrected chi connectivity index (χ4v) is 3.37. The molecule has 1 fully saturated rings. The summed E-state index contributed by atoms with van der Waals surface area (Å²) in [5, 5.41) is 0.584. The number of hydrogen-bond donors (Lipinski definition) is 0. The molecule has 1 heterocycles. The Morgan fingerprint density at radius 2 is 1.86 bits per heavy atom. The molecular weight excluding hydrogens is 378 g/mol. The molecule has 0 bridgehead atoms. The van der Waals surface area contributed by atoms with Gasteiger partial charge in [0, 0.05) is 30.1 Å². The van der Waals surface area contributed by atoms with Gasteiger partial charge in [0.05, 0.1) is 5.92 Å². The molecular formula is C22H22ClNO4.